The normalized spacial score (nSPS) is 18.4. The third kappa shape index (κ3) is 5.98. The van der Waals surface area contributed by atoms with Crippen LogP contribution in [0.1, 0.15) is 20.7 Å². The van der Waals surface area contributed by atoms with Crippen LogP contribution in [0.5, 0.6) is 0 Å². The van der Waals surface area contributed by atoms with Crippen LogP contribution in [0, 0.1) is 0 Å². The van der Waals surface area contributed by atoms with E-state index in [4.69, 9.17) is 18.9 Å². The molecule has 0 spiro atoms. The van der Waals surface area contributed by atoms with Crippen LogP contribution < -0.4 is 17.1 Å². The summed E-state index contributed by atoms with van der Waals surface area (Å²) in [5.41, 5.74) is -2.01. The molecule has 38 heavy (non-hydrogen) atoms. The summed E-state index contributed by atoms with van der Waals surface area (Å²) in [5, 5.41) is 0. The van der Waals surface area contributed by atoms with Crippen LogP contribution in [0.25, 0.3) is 0 Å². The van der Waals surface area contributed by atoms with E-state index < -0.39 is 48.3 Å². The van der Waals surface area contributed by atoms with Crippen molar-refractivity contribution < 1.29 is 28.5 Å². The zero-order valence-corrected chi connectivity index (χ0v) is 20.3. The first-order valence-corrected chi connectivity index (χ1v) is 12.1. The summed E-state index contributed by atoms with van der Waals surface area (Å²) in [4.78, 5) is 64.8. The van der Waals surface area contributed by atoms with Crippen LogP contribution >= 0.6 is 0 Å². The molecule has 2 fully saturated rings. The van der Waals surface area contributed by atoms with Gasteiger partial charge in [0.1, 0.15) is 6.61 Å². The fourth-order valence-electron chi connectivity index (χ4n) is 3.85. The molecule has 3 aromatic rings. The Hall–Kier alpha value is -4.29. The van der Waals surface area contributed by atoms with E-state index in [9.17, 15) is 24.0 Å². The van der Waals surface area contributed by atoms with Gasteiger partial charge in [0.05, 0.1) is 56.2 Å². The Morgan fingerprint density at radius 2 is 1.18 bits per heavy atom. The molecule has 3 unspecified atom stereocenters. The van der Waals surface area contributed by atoms with Crippen LogP contribution in [-0.4, -0.2) is 63.8 Å². The molecule has 0 aliphatic carbocycles. The summed E-state index contributed by atoms with van der Waals surface area (Å²) in [6, 6.07) is 16.3. The second-order valence-electron chi connectivity index (χ2n) is 8.95. The van der Waals surface area contributed by atoms with Crippen molar-refractivity contribution >= 4 is 11.9 Å². The highest BCUT2D eigenvalue weighted by molar-refractivity contribution is 5.90. The summed E-state index contributed by atoms with van der Waals surface area (Å²) in [6.45, 7) is -0.154. The lowest BCUT2D eigenvalue weighted by molar-refractivity contribution is -0.00616. The molecule has 12 heteroatoms. The molecule has 0 bridgehead atoms. The summed E-state index contributed by atoms with van der Waals surface area (Å²) in [7, 11) is 0. The fraction of sp³-hybridized carbons (Fsp3) is 0.346. The van der Waals surface area contributed by atoms with E-state index in [0.717, 1.165) is 13.7 Å². The highest BCUT2D eigenvalue weighted by Gasteiger charge is 2.30. The summed E-state index contributed by atoms with van der Waals surface area (Å²) in [6.07, 6.45) is -1.83. The number of benzene rings is 2. The number of esters is 2. The molecule has 2 saturated heterocycles. The van der Waals surface area contributed by atoms with Gasteiger partial charge in [0.25, 0.3) is 0 Å². The van der Waals surface area contributed by atoms with Gasteiger partial charge in [-0.3, -0.25) is 0 Å². The maximum Gasteiger partial charge on any atom is 0.338 e. The Labute approximate surface area is 215 Å². The van der Waals surface area contributed by atoms with Crippen molar-refractivity contribution in [2.24, 2.45) is 0 Å². The van der Waals surface area contributed by atoms with Crippen molar-refractivity contribution in [3.63, 3.8) is 0 Å². The molecule has 3 heterocycles. The number of nitrogens with zero attached hydrogens (tertiary/aromatic N) is 3. The topological polar surface area (TPSA) is 144 Å². The molecular weight excluding hydrogens is 498 g/mol. The smallest absolute Gasteiger partial charge is 0.338 e. The van der Waals surface area contributed by atoms with Crippen LogP contribution in [0.2, 0.25) is 0 Å². The first-order chi connectivity index (χ1) is 18.4. The standard InChI is InChI=1S/C26H25N3O9/c30-22(17-7-3-1-4-8-17)37-16-21(38-23(31)18-9-5-2-6-10-18)13-29-25(33)27(11-19-14-35-19)24(32)28(26(29)34)12-20-15-36-20/h1-10,19-21H,11-16H2. The van der Waals surface area contributed by atoms with E-state index >= 15 is 0 Å². The fourth-order valence-corrected chi connectivity index (χ4v) is 3.85. The number of aromatic nitrogens is 3. The Balaban J connectivity index is 1.45. The molecule has 0 radical (unpaired) electrons. The highest BCUT2D eigenvalue weighted by Crippen LogP contribution is 2.11. The van der Waals surface area contributed by atoms with Gasteiger partial charge in [0.15, 0.2) is 6.10 Å². The van der Waals surface area contributed by atoms with Crippen molar-refractivity contribution in [1.29, 1.82) is 0 Å². The van der Waals surface area contributed by atoms with E-state index in [1.54, 1.807) is 60.7 Å². The minimum atomic E-state index is -1.21. The summed E-state index contributed by atoms with van der Waals surface area (Å²) >= 11 is 0. The van der Waals surface area contributed by atoms with E-state index in [0.29, 0.717) is 13.2 Å². The largest absolute Gasteiger partial charge is 0.458 e. The van der Waals surface area contributed by atoms with Gasteiger partial charge in [-0.1, -0.05) is 36.4 Å². The SMILES string of the molecule is O=C(OCC(Cn1c(=O)n(CC2CO2)c(=O)n(CC2CO2)c1=O)OC(=O)c1ccccc1)c1ccccc1. The summed E-state index contributed by atoms with van der Waals surface area (Å²) < 4.78 is 23.9. The molecule has 0 amide bonds. The Bertz CT molecular complexity index is 1430. The van der Waals surface area contributed by atoms with E-state index in [1.165, 1.54) is 0 Å². The van der Waals surface area contributed by atoms with Crippen molar-refractivity contribution in [2.75, 3.05) is 19.8 Å². The van der Waals surface area contributed by atoms with Crippen LogP contribution in [-0.2, 0) is 38.6 Å². The summed E-state index contributed by atoms with van der Waals surface area (Å²) in [5.74, 6) is -1.40. The lowest BCUT2D eigenvalue weighted by Crippen LogP contribution is -2.56. The maximum absolute atomic E-state index is 13.3. The Kier molecular flexibility index (Phi) is 7.33. The van der Waals surface area contributed by atoms with Gasteiger partial charge in [0, 0.05) is 0 Å². The molecule has 2 aliphatic rings. The van der Waals surface area contributed by atoms with Gasteiger partial charge >= 0.3 is 29.0 Å². The van der Waals surface area contributed by atoms with Crippen molar-refractivity contribution in [3.05, 3.63) is 103 Å². The molecule has 198 valence electrons. The molecule has 0 N–H and O–H groups in total. The van der Waals surface area contributed by atoms with Gasteiger partial charge < -0.3 is 18.9 Å². The second-order valence-corrected chi connectivity index (χ2v) is 8.95. The zero-order chi connectivity index (χ0) is 26.6. The third-order valence-corrected chi connectivity index (χ3v) is 6.04. The molecule has 3 atom stereocenters. The van der Waals surface area contributed by atoms with Crippen molar-refractivity contribution in [2.45, 2.75) is 37.9 Å². The van der Waals surface area contributed by atoms with E-state index in [2.05, 4.69) is 0 Å². The first kappa shape index (κ1) is 25.4. The molecule has 12 nitrogen and oxygen atoms in total. The predicted molar refractivity (Wildman–Crippen MR) is 131 cm³/mol. The second kappa shape index (κ2) is 11.0. The molecule has 1 aromatic heterocycles. The number of carbonyl (C=O) groups excluding carboxylic acids is 2. The quantitative estimate of drug-likeness (QED) is 0.252. The molecule has 0 saturated carbocycles. The molecule has 2 aliphatic heterocycles. The third-order valence-electron chi connectivity index (χ3n) is 6.04. The van der Waals surface area contributed by atoms with Gasteiger partial charge in [-0.05, 0) is 24.3 Å². The van der Waals surface area contributed by atoms with Crippen LogP contribution in [0.15, 0.2) is 75.0 Å². The first-order valence-electron chi connectivity index (χ1n) is 12.1. The molecule has 5 rings (SSSR count). The van der Waals surface area contributed by atoms with Gasteiger partial charge in [-0.15, -0.1) is 0 Å². The number of carbonyl (C=O) groups is 2. The molecular formula is C26H25N3O9. The number of hydrogen-bond acceptors (Lipinski definition) is 9. The minimum absolute atomic E-state index is 0.0269. The van der Waals surface area contributed by atoms with Gasteiger partial charge in [-0.25, -0.2) is 37.7 Å². The number of epoxide rings is 2. The molecule has 2 aromatic carbocycles. The number of hydrogen-bond donors (Lipinski definition) is 0. The van der Waals surface area contributed by atoms with E-state index in [1.807, 2.05) is 0 Å². The van der Waals surface area contributed by atoms with Crippen LogP contribution in [0.3, 0.4) is 0 Å². The van der Waals surface area contributed by atoms with Crippen LogP contribution in [0.4, 0.5) is 0 Å². The average Bonchev–Trinajstić information content (AvgIpc) is 3.87. The maximum atomic E-state index is 13.3. The minimum Gasteiger partial charge on any atom is -0.458 e. The van der Waals surface area contributed by atoms with Crippen molar-refractivity contribution in [3.8, 4) is 0 Å². The van der Waals surface area contributed by atoms with Gasteiger partial charge in [-0.2, -0.15) is 0 Å². The number of rotatable bonds is 11. The lowest BCUT2D eigenvalue weighted by Gasteiger charge is -2.20. The average molecular weight is 523 g/mol. The Morgan fingerprint density at radius 1 is 0.737 bits per heavy atom. The van der Waals surface area contributed by atoms with E-state index in [-0.39, 0.29) is 36.4 Å². The van der Waals surface area contributed by atoms with Crippen molar-refractivity contribution in [1.82, 2.24) is 13.7 Å². The number of ether oxygens (including phenoxy) is 4. The zero-order valence-electron chi connectivity index (χ0n) is 20.3. The lowest BCUT2D eigenvalue weighted by atomic mass is 10.2. The highest BCUT2D eigenvalue weighted by atomic mass is 16.6. The Morgan fingerprint density at radius 3 is 1.66 bits per heavy atom. The predicted octanol–water partition coefficient (Wildman–Crippen LogP) is 0.0519. The van der Waals surface area contributed by atoms with Gasteiger partial charge in [0.2, 0.25) is 0 Å². The monoisotopic (exact) mass is 523 g/mol.